The van der Waals surface area contributed by atoms with E-state index in [9.17, 15) is 14.4 Å². The summed E-state index contributed by atoms with van der Waals surface area (Å²) in [7, 11) is 0. The van der Waals surface area contributed by atoms with Gasteiger partial charge in [-0.25, -0.2) is 4.79 Å². The molecule has 34 heavy (non-hydrogen) atoms. The number of carbonyl (C=O) groups excluding carboxylic acids is 2. The Bertz CT molecular complexity index is 1010. The van der Waals surface area contributed by atoms with Gasteiger partial charge in [-0.2, -0.15) is 0 Å². The molecule has 0 saturated heterocycles. The molecule has 0 spiro atoms. The number of carbonyl (C=O) groups is 3. The number of benzene rings is 2. The van der Waals surface area contributed by atoms with Crippen LogP contribution in [0.5, 0.6) is 0 Å². The second-order valence-electron chi connectivity index (χ2n) is 9.36. The summed E-state index contributed by atoms with van der Waals surface area (Å²) in [5, 5.41) is 14.6. The van der Waals surface area contributed by atoms with Crippen LogP contribution in [0.2, 0.25) is 0 Å². The topological polar surface area (TPSA) is 105 Å². The molecule has 1 fully saturated rings. The van der Waals surface area contributed by atoms with E-state index >= 15 is 0 Å². The summed E-state index contributed by atoms with van der Waals surface area (Å²) in [4.78, 5) is 36.2. The molecule has 0 aromatic heterocycles. The highest BCUT2D eigenvalue weighted by Crippen LogP contribution is 2.44. The van der Waals surface area contributed by atoms with Crippen molar-refractivity contribution in [2.75, 3.05) is 13.2 Å². The van der Waals surface area contributed by atoms with E-state index in [1.807, 2.05) is 24.3 Å². The highest BCUT2D eigenvalue weighted by atomic mass is 16.5. The molecule has 3 atom stereocenters. The van der Waals surface area contributed by atoms with Gasteiger partial charge in [0.25, 0.3) is 0 Å². The average Bonchev–Trinajstić information content (AvgIpc) is 3.14. The van der Waals surface area contributed by atoms with E-state index < -0.39 is 18.1 Å². The van der Waals surface area contributed by atoms with Gasteiger partial charge in [-0.15, -0.1) is 0 Å². The van der Waals surface area contributed by atoms with Crippen LogP contribution >= 0.6 is 0 Å². The molecule has 2 aromatic carbocycles. The van der Waals surface area contributed by atoms with Crippen LogP contribution in [0.1, 0.15) is 56.1 Å². The predicted octanol–water partition coefficient (Wildman–Crippen LogP) is 4.31. The van der Waals surface area contributed by atoms with E-state index in [-0.39, 0.29) is 36.7 Å². The molecule has 2 aliphatic rings. The number of carboxylic acids is 1. The lowest BCUT2D eigenvalue weighted by Crippen LogP contribution is -2.44. The highest BCUT2D eigenvalue weighted by molar-refractivity contribution is 5.80. The standard InChI is InChI=1S/C27H32N2O5/c1-17(14-25(30)31)29-26(32)19-9-3-2-8-18(19)15-28-27(33)34-16-24-22-12-6-4-10-20(22)21-11-5-7-13-23(21)24/h4-7,10-13,17-19,24H,2-3,8-9,14-16H2,1H3,(H,28,33)(H,29,32)(H,30,31)/t17-,18-,19-/m0/s1. The van der Waals surface area contributed by atoms with Crippen LogP contribution in [0, 0.1) is 11.8 Å². The number of aliphatic carboxylic acids is 1. The predicted molar refractivity (Wildman–Crippen MR) is 128 cm³/mol. The molecule has 2 amide bonds. The third kappa shape index (κ3) is 5.41. The van der Waals surface area contributed by atoms with E-state index in [0.717, 1.165) is 36.8 Å². The summed E-state index contributed by atoms with van der Waals surface area (Å²) < 4.78 is 5.62. The van der Waals surface area contributed by atoms with Gasteiger partial charge in [-0.05, 0) is 47.9 Å². The maximum atomic E-state index is 12.7. The first-order chi connectivity index (χ1) is 16.4. The zero-order valence-corrected chi connectivity index (χ0v) is 19.5. The van der Waals surface area contributed by atoms with Crippen LogP contribution < -0.4 is 10.6 Å². The minimum Gasteiger partial charge on any atom is -0.481 e. The molecular weight excluding hydrogens is 432 g/mol. The van der Waals surface area contributed by atoms with Gasteiger partial charge in [0, 0.05) is 24.4 Å². The van der Waals surface area contributed by atoms with Crippen molar-refractivity contribution in [3.8, 4) is 11.1 Å². The molecule has 7 heteroatoms. The molecule has 0 unspecified atom stereocenters. The fourth-order valence-electron chi connectivity index (χ4n) is 5.32. The first-order valence-corrected chi connectivity index (χ1v) is 12.0. The molecular formula is C27H32N2O5. The van der Waals surface area contributed by atoms with Crippen molar-refractivity contribution in [2.45, 2.75) is 51.0 Å². The fourth-order valence-corrected chi connectivity index (χ4v) is 5.32. The van der Waals surface area contributed by atoms with Crippen molar-refractivity contribution in [1.29, 1.82) is 0 Å². The number of nitrogens with one attached hydrogen (secondary N) is 2. The van der Waals surface area contributed by atoms with E-state index in [2.05, 4.69) is 34.9 Å². The molecule has 4 rings (SSSR count). The zero-order chi connectivity index (χ0) is 24.1. The van der Waals surface area contributed by atoms with Gasteiger partial charge < -0.3 is 20.5 Å². The number of rotatable bonds is 8. The third-order valence-electron chi connectivity index (χ3n) is 6.97. The van der Waals surface area contributed by atoms with Crippen molar-refractivity contribution in [2.24, 2.45) is 11.8 Å². The van der Waals surface area contributed by atoms with Crippen LogP contribution in [0.4, 0.5) is 4.79 Å². The Morgan fingerprint density at radius 2 is 1.62 bits per heavy atom. The summed E-state index contributed by atoms with van der Waals surface area (Å²) in [6, 6.07) is 16.0. The van der Waals surface area contributed by atoms with Crippen LogP contribution in [0.15, 0.2) is 48.5 Å². The Morgan fingerprint density at radius 3 is 2.26 bits per heavy atom. The summed E-state index contributed by atoms with van der Waals surface area (Å²) in [6.45, 7) is 2.31. The third-order valence-corrected chi connectivity index (χ3v) is 6.97. The van der Waals surface area contributed by atoms with Crippen molar-refractivity contribution >= 4 is 18.0 Å². The second kappa shape index (κ2) is 10.7. The lowest BCUT2D eigenvalue weighted by molar-refractivity contribution is -0.137. The number of ether oxygens (including phenoxy) is 1. The maximum absolute atomic E-state index is 12.7. The van der Waals surface area contributed by atoms with E-state index in [1.165, 1.54) is 11.1 Å². The monoisotopic (exact) mass is 464 g/mol. The van der Waals surface area contributed by atoms with Crippen molar-refractivity contribution in [3.63, 3.8) is 0 Å². The molecule has 2 aliphatic carbocycles. The maximum Gasteiger partial charge on any atom is 0.407 e. The minimum absolute atomic E-state index is 0.00193. The fraction of sp³-hybridized carbons (Fsp3) is 0.444. The summed E-state index contributed by atoms with van der Waals surface area (Å²) >= 11 is 0. The lowest BCUT2D eigenvalue weighted by Gasteiger charge is -2.31. The molecule has 1 saturated carbocycles. The molecule has 0 radical (unpaired) electrons. The second-order valence-corrected chi connectivity index (χ2v) is 9.36. The summed E-state index contributed by atoms with van der Waals surface area (Å²) in [5.74, 6) is -1.30. The van der Waals surface area contributed by atoms with Crippen molar-refractivity contribution in [1.82, 2.24) is 10.6 Å². The Labute approximate surface area is 199 Å². The molecule has 0 bridgehead atoms. The van der Waals surface area contributed by atoms with Gasteiger partial charge in [0.1, 0.15) is 6.61 Å². The Morgan fingerprint density at radius 1 is 1.00 bits per heavy atom. The Hall–Kier alpha value is -3.35. The number of amides is 2. The van der Waals surface area contributed by atoms with Gasteiger partial charge in [0.2, 0.25) is 5.91 Å². The van der Waals surface area contributed by atoms with Crippen LogP contribution in [-0.2, 0) is 14.3 Å². The molecule has 7 nitrogen and oxygen atoms in total. The Balaban J connectivity index is 1.31. The quantitative estimate of drug-likeness (QED) is 0.540. The highest BCUT2D eigenvalue weighted by Gasteiger charge is 2.33. The number of hydrogen-bond donors (Lipinski definition) is 3. The lowest BCUT2D eigenvalue weighted by atomic mass is 9.78. The smallest absolute Gasteiger partial charge is 0.407 e. The average molecular weight is 465 g/mol. The summed E-state index contributed by atoms with van der Waals surface area (Å²) in [5.41, 5.74) is 4.69. The van der Waals surface area contributed by atoms with Crippen LogP contribution in [0.3, 0.4) is 0 Å². The first kappa shape index (κ1) is 23.8. The van der Waals surface area contributed by atoms with Crippen LogP contribution in [0.25, 0.3) is 11.1 Å². The molecule has 3 N–H and O–H groups in total. The van der Waals surface area contributed by atoms with Crippen molar-refractivity contribution in [3.05, 3.63) is 59.7 Å². The van der Waals surface area contributed by atoms with Gasteiger partial charge >= 0.3 is 12.1 Å². The Kier molecular flexibility index (Phi) is 7.50. The van der Waals surface area contributed by atoms with Gasteiger partial charge in [-0.3, -0.25) is 9.59 Å². The molecule has 2 aromatic rings. The van der Waals surface area contributed by atoms with Gasteiger partial charge in [0.15, 0.2) is 0 Å². The van der Waals surface area contributed by atoms with E-state index in [1.54, 1.807) is 6.92 Å². The van der Waals surface area contributed by atoms with E-state index in [0.29, 0.717) is 6.54 Å². The molecule has 180 valence electrons. The molecule has 0 aliphatic heterocycles. The minimum atomic E-state index is -0.940. The van der Waals surface area contributed by atoms with Crippen LogP contribution in [-0.4, -0.2) is 42.3 Å². The largest absolute Gasteiger partial charge is 0.481 e. The van der Waals surface area contributed by atoms with E-state index in [4.69, 9.17) is 9.84 Å². The van der Waals surface area contributed by atoms with Gasteiger partial charge in [0.05, 0.1) is 6.42 Å². The number of carboxylic acid groups (broad SMARTS) is 1. The first-order valence-electron chi connectivity index (χ1n) is 12.0. The SMILES string of the molecule is C[C@@H](CC(=O)O)NC(=O)[C@H]1CCCC[C@H]1CNC(=O)OCC1c2ccccc2-c2ccccc21. The molecule has 0 heterocycles. The zero-order valence-electron chi connectivity index (χ0n) is 19.5. The number of hydrogen-bond acceptors (Lipinski definition) is 4. The van der Waals surface area contributed by atoms with Crippen molar-refractivity contribution < 1.29 is 24.2 Å². The summed E-state index contributed by atoms with van der Waals surface area (Å²) in [6.07, 6.45) is 2.95. The van der Waals surface area contributed by atoms with Gasteiger partial charge in [-0.1, -0.05) is 61.4 Å². The normalized spacial score (nSPS) is 20.0. The number of fused-ring (bicyclic) bond motifs is 3. The number of alkyl carbamates (subject to hydrolysis) is 1.